The van der Waals surface area contributed by atoms with E-state index in [9.17, 15) is 27.6 Å². The van der Waals surface area contributed by atoms with Crippen LogP contribution in [0.1, 0.15) is 23.2 Å². The minimum atomic E-state index is -4.84. The quantitative estimate of drug-likeness (QED) is 0.443. The van der Waals surface area contributed by atoms with E-state index in [4.69, 9.17) is 11.6 Å². The summed E-state index contributed by atoms with van der Waals surface area (Å²) in [7, 11) is 1.55. The maximum atomic E-state index is 13.5. The summed E-state index contributed by atoms with van der Waals surface area (Å²) < 4.78 is 42.0. The molecule has 0 spiro atoms. The second-order valence-electron chi connectivity index (χ2n) is 9.61. The topological polar surface area (TPSA) is 91.0 Å². The summed E-state index contributed by atoms with van der Waals surface area (Å²) in [5.41, 5.74) is 0.723. The van der Waals surface area contributed by atoms with Gasteiger partial charge in [-0.1, -0.05) is 29.8 Å². The molecule has 5 rings (SSSR count). The first-order valence-corrected chi connectivity index (χ1v) is 12.7. The van der Waals surface area contributed by atoms with Gasteiger partial charge in [0.05, 0.1) is 17.9 Å². The number of amides is 3. The van der Waals surface area contributed by atoms with Crippen molar-refractivity contribution in [2.24, 2.45) is 0 Å². The highest BCUT2D eigenvalue weighted by Crippen LogP contribution is 2.40. The third-order valence-electron chi connectivity index (χ3n) is 6.84. The Balaban J connectivity index is 1.41. The molecule has 0 radical (unpaired) electrons. The minimum Gasteiger partial charge on any atom is -0.406 e. The van der Waals surface area contributed by atoms with E-state index in [1.54, 1.807) is 60.5 Å². The molecule has 12 heteroatoms. The molecule has 3 aromatic rings. The van der Waals surface area contributed by atoms with Gasteiger partial charge in [0.15, 0.2) is 0 Å². The van der Waals surface area contributed by atoms with Gasteiger partial charge in [-0.25, -0.2) is 0 Å². The van der Waals surface area contributed by atoms with Crippen molar-refractivity contribution in [3.05, 3.63) is 83.4 Å². The standard InChI is InChI=1S/C28H24ClF3N4O4/c1-35-23-15-18(29)7-12-22(23)36(19-8-10-20(11-9-19)40-28(30,31)32)16-21(25(35)38)33-26(39)27(13-14-27)34-24(37)17-5-3-2-4-6-17/h2-12,15,21H,13-14,16H2,1H3,(H,33,39)(H,34,37)/t21-/m1/s1. The van der Waals surface area contributed by atoms with Crippen LogP contribution in [0.2, 0.25) is 5.02 Å². The molecule has 2 N–H and O–H groups in total. The summed E-state index contributed by atoms with van der Waals surface area (Å²) in [5.74, 6) is -1.73. The Hall–Kier alpha value is -4.25. The normalized spacial score (nSPS) is 17.9. The predicted octanol–water partition coefficient (Wildman–Crippen LogP) is 4.80. The van der Waals surface area contributed by atoms with E-state index in [1.807, 2.05) is 0 Å². The number of alkyl halides is 3. The van der Waals surface area contributed by atoms with Crippen LogP contribution in [0.5, 0.6) is 5.75 Å². The molecule has 1 saturated carbocycles. The molecule has 1 heterocycles. The molecule has 2 aliphatic rings. The van der Waals surface area contributed by atoms with Crippen molar-refractivity contribution < 1.29 is 32.3 Å². The van der Waals surface area contributed by atoms with Gasteiger partial charge in [0.2, 0.25) is 5.91 Å². The van der Waals surface area contributed by atoms with Crippen LogP contribution >= 0.6 is 11.6 Å². The summed E-state index contributed by atoms with van der Waals surface area (Å²) in [4.78, 5) is 42.8. The molecule has 0 bridgehead atoms. The van der Waals surface area contributed by atoms with Crippen molar-refractivity contribution in [3.63, 3.8) is 0 Å². The predicted molar refractivity (Wildman–Crippen MR) is 143 cm³/mol. The number of hydrogen-bond donors (Lipinski definition) is 2. The number of anilines is 3. The summed E-state index contributed by atoms with van der Waals surface area (Å²) in [5, 5.41) is 5.96. The van der Waals surface area contributed by atoms with Crippen molar-refractivity contribution in [1.82, 2.24) is 10.6 Å². The maximum absolute atomic E-state index is 13.5. The molecule has 1 atom stereocenters. The van der Waals surface area contributed by atoms with Crippen LogP contribution in [0.3, 0.4) is 0 Å². The third-order valence-corrected chi connectivity index (χ3v) is 7.08. The Morgan fingerprint density at radius 2 is 1.68 bits per heavy atom. The molecule has 3 aromatic carbocycles. The maximum Gasteiger partial charge on any atom is 0.573 e. The van der Waals surface area contributed by atoms with Crippen LogP contribution in [0.15, 0.2) is 72.8 Å². The van der Waals surface area contributed by atoms with E-state index >= 15 is 0 Å². The van der Waals surface area contributed by atoms with Gasteiger partial charge < -0.3 is 25.2 Å². The zero-order valence-corrected chi connectivity index (χ0v) is 21.9. The summed E-state index contributed by atoms with van der Waals surface area (Å²) in [6.45, 7) is -0.0360. The number of benzene rings is 3. The highest BCUT2D eigenvalue weighted by atomic mass is 35.5. The van der Waals surface area contributed by atoms with Crippen LogP contribution < -0.4 is 25.2 Å². The fourth-order valence-electron chi connectivity index (χ4n) is 4.59. The molecule has 0 unspecified atom stereocenters. The Kier molecular flexibility index (Phi) is 7.09. The monoisotopic (exact) mass is 572 g/mol. The second kappa shape index (κ2) is 10.4. The lowest BCUT2D eigenvalue weighted by Crippen LogP contribution is -2.57. The Bertz CT molecular complexity index is 1450. The van der Waals surface area contributed by atoms with E-state index in [1.165, 1.54) is 29.2 Å². The molecule has 0 saturated heterocycles. The van der Waals surface area contributed by atoms with Crippen LogP contribution in [-0.2, 0) is 9.59 Å². The number of ether oxygens (including phenoxy) is 1. The minimum absolute atomic E-state index is 0.0360. The molecule has 0 aromatic heterocycles. The molecule has 1 aliphatic heterocycles. The first-order valence-electron chi connectivity index (χ1n) is 12.3. The average molecular weight is 573 g/mol. The van der Waals surface area contributed by atoms with E-state index < -0.39 is 41.4 Å². The highest BCUT2D eigenvalue weighted by Gasteiger charge is 2.52. The van der Waals surface area contributed by atoms with E-state index in [2.05, 4.69) is 15.4 Å². The second-order valence-corrected chi connectivity index (χ2v) is 10.0. The van der Waals surface area contributed by atoms with Crippen molar-refractivity contribution in [1.29, 1.82) is 0 Å². The van der Waals surface area contributed by atoms with Gasteiger partial charge in [-0.3, -0.25) is 14.4 Å². The smallest absolute Gasteiger partial charge is 0.406 e. The van der Waals surface area contributed by atoms with E-state index in [-0.39, 0.29) is 6.54 Å². The number of nitrogens with zero attached hydrogens (tertiary/aromatic N) is 2. The number of hydrogen-bond acceptors (Lipinski definition) is 5. The molecule has 208 valence electrons. The van der Waals surface area contributed by atoms with Crippen LogP contribution in [0.25, 0.3) is 0 Å². The molecule has 40 heavy (non-hydrogen) atoms. The zero-order valence-electron chi connectivity index (χ0n) is 21.2. The van der Waals surface area contributed by atoms with E-state index in [0.717, 1.165) is 0 Å². The molecule has 3 amide bonds. The Morgan fingerprint density at radius 3 is 2.30 bits per heavy atom. The zero-order chi connectivity index (χ0) is 28.7. The fraction of sp³-hybridized carbons (Fsp3) is 0.250. The van der Waals surface area contributed by atoms with Gasteiger partial charge in [-0.05, 0) is 67.4 Å². The number of nitrogens with one attached hydrogen (secondary N) is 2. The Morgan fingerprint density at radius 1 is 1.00 bits per heavy atom. The lowest BCUT2D eigenvalue weighted by Gasteiger charge is -2.28. The first kappa shape index (κ1) is 27.3. The number of fused-ring (bicyclic) bond motifs is 1. The number of carbonyl (C=O) groups is 3. The molecular formula is C28H24ClF3N4O4. The van der Waals surface area contributed by atoms with Gasteiger partial charge in [0.25, 0.3) is 11.8 Å². The van der Waals surface area contributed by atoms with Gasteiger partial charge in [0.1, 0.15) is 17.3 Å². The number of likely N-dealkylation sites (N-methyl/N-ethyl adjacent to an activating group) is 1. The lowest BCUT2D eigenvalue weighted by atomic mass is 10.1. The summed E-state index contributed by atoms with van der Waals surface area (Å²) in [6, 6.07) is 17.5. The lowest BCUT2D eigenvalue weighted by molar-refractivity contribution is -0.274. The first-order chi connectivity index (χ1) is 19.0. The van der Waals surface area contributed by atoms with Crippen molar-refractivity contribution >= 4 is 46.4 Å². The SMILES string of the molecule is CN1C(=O)[C@H](NC(=O)C2(NC(=O)c3ccccc3)CC2)CN(c2ccc(OC(F)(F)F)cc2)c2ccc(Cl)cc21. The fourth-order valence-corrected chi connectivity index (χ4v) is 4.76. The van der Waals surface area contributed by atoms with Crippen LogP contribution in [0, 0.1) is 0 Å². The highest BCUT2D eigenvalue weighted by molar-refractivity contribution is 6.31. The van der Waals surface area contributed by atoms with Gasteiger partial charge in [-0.15, -0.1) is 13.2 Å². The molecular weight excluding hydrogens is 549 g/mol. The number of rotatable bonds is 6. The van der Waals surface area contributed by atoms with Crippen LogP contribution in [-0.4, -0.2) is 49.3 Å². The van der Waals surface area contributed by atoms with Crippen molar-refractivity contribution in [2.45, 2.75) is 30.8 Å². The summed E-state index contributed by atoms with van der Waals surface area (Å²) in [6.07, 6.45) is -4.02. The van der Waals surface area contributed by atoms with Gasteiger partial charge in [-0.2, -0.15) is 0 Å². The van der Waals surface area contributed by atoms with Crippen LogP contribution in [0.4, 0.5) is 30.2 Å². The number of carbonyl (C=O) groups excluding carboxylic acids is 3. The van der Waals surface area contributed by atoms with E-state index in [0.29, 0.717) is 40.5 Å². The molecule has 1 fully saturated rings. The third kappa shape index (κ3) is 5.69. The largest absolute Gasteiger partial charge is 0.573 e. The van der Waals surface area contributed by atoms with Crippen molar-refractivity contribution in [2.75, 3.05) is 23.4 Å². The molecule has 1 aliphatic carbocycles. The number of halogens is 4. The Labute approximate surface area is 232 Å². The average Bonchev–Trinajstić information content (AvgIpc) is 3.71. The summed E-state index contributed by atoms with van der Waals surface area (Å²) >= 11 is 6.22. The van der Waals surface area contributed by atoms with Gasteiger partial charge in [0, 0.05) is 23.3 Å². The molecule has 8 nitrogen and oxygen atoms in total. The van der Waals surface area contributed by atoms with Crippen molar-refractivity contribution in [3.8, 4) is 5.75 Å². The van der Waals surface area contributed by atoms with Gasteiger partial charge >= 0.3 is 6.36 Å².